The summed E-state index contributed by atoms with van der Waals surface area (Å²) in [6.07, 6.45) is 1.35. The van der Waals surface area contributed by atoms with Crippen LogP contribution in [0.4, 0.5) is 10.1 Å². The molecule has 0 unspecified atom stereocenters. The minimum atomic E-state index is -4.33. The second kappa shape index (κ2) is 9.11. The summed E-state index contributed by atoms with van der Waals surface area (Å²) < 4.78 is 65.5. The Morgan fingerprint density at radius 3 is 2.50 bits per heavy atom. The molecule has 1 N–H and O–H groups in total. The molecule has 0 amide bonds. The summed E-state index contributed by atoms with van der Waals surface area (Å²) in [5.74, 6) is -1.36. The zero-order valence-electron chi connectivity index (χ0n) is 18.1. The number of benzene rings is 2. The van der Waals surface area contributed by atoms with Gasteiger partial charge >= 0.3 is 5.97 Å². The summed E-state index contributed by atoms with van der Waals surface area (Å²) >= 11 is 3.24. The van der Waals surface area contributed by atoms with Crippen molar-refractivity contribution in [2.75, 3.05) is 26.1 Å². The van der Waals surface area contributed by atoms with Gasteiger partial charge in [-0.05, 0) is 34.1 Å². The van der Waals surface area contributed by atoms with Gasteiger partial charge in [0.05, 0.1) is 37.1 Å². The molecule has 3 aromatic rings. The maximum atomic E-state index is 15.1. The van der Waals surface area contributed by atoms with Crippen LogP contribution in [0.5, 0.6) is 17.4 Å². The first-order chi connectivity index (χ1) is 16.2. The van der Waals surface area contributed by atoms with Gasteiger partial charge in [-0.3, -0.25) is 4.72 Å². The quantitative estimate of drug-likeness (QED) is 0.482. The Bertz CT molecular complexity index is 1410. The fourth-order valence-electron chi connectivity index (χ4n) is 3.47. The topological polar surface area (TPSA) is 113 Å². The molecule has 1 aromatic heterocycles. The molecule has 1 aliphatic rings. The van der Waals surface area contributed by atoms with Gasteiger partial charge < -0.3 is 18.9 Å². The number of ether oxygens (including phenoxy) is 4. The van der Waals surface area contributed by atoms with Gasteiger partial charge in [0, 0.05) is 35.0 Å². The standard InChI is InChI=1S/C22H18BrFN2O7S/c1-30-18-8-16(24)13-7-17(18)26-34(28,29)19-5-11(4-15(23)21(19)32-3)22(27)33-10-12-6-20(31-2)25-9-14(12)13/h4-9,26H,10H2,1-3H3. The van der Waals surface area contributed by atoms with Crippen molar-refractivity contribution >= 4 is 37.6 Å². The van der Waals surface area contributed by atoms with E-state index in [0.717, 1.165) is 12.1 Å². The van der Waals surface area contributed by atoms with Gasteiger partial charge in [-0.15, -0.1) is 0 Å². The molecular weight excluding hydrogens is 535 g/mol. The van der Waals surface area contributed by atoms with E-state index in [0.29, 0.717) is 5.56 Å². The van der Waals surface area contributed by atoms with E-state index in [9.17, 15) is 13.2 Å². The fourth-order valence-corrected chi connectivity index (χ4v) is 5.50. The maximum Gasteiger partial charge on any atom is 0.338 e. The molecule has 2 aromatic carbocycles. The van der Waals surface area contributed by atoms with Crippen LogP contribution < -0.4 is 18.9 Å². The molecule has 0 saturated carbocycles. The number of sulfonamides is 1. The molecule has 4 bridgehead atoms. The van der Waals surface area contributed by atoms with Crippen LogP contribution in [0.15, 0.2) is 45.9 Å². The van der Waals surface area contributed by atoms with Crippen molar-refractivity contribution in [3.05, 3.63) is 57.9 Å². The van der Waals surface area contributed by atoms with Gasteiger partial charge in [-0.25, -0.2) is 22.6 Å². The van der Waals surface area contributed by atoms with Gasteiger partial charge in [0.1, 0.15) is 23.1 Å². The number of pyridine rings is 1. The summed E-state index contributed by atoms with van der Waals surface area (Å²) in [5.41, 5.74) is 0.610. The number of methoxy groups -OCH3 is 3. The molecule has 2 heterocycles. The van der Waals surface area contributed by atoms with Crippen LogP contribution in [0, 0.1) is 5.82 Å². The number of rotatable bonds is 3. The fraction of sp³-hybridized carbons (Fsp3) is 0.182. The van der Waals surface area contributed by atoms with Crippen molar-refractivity contribution in [3.63, 3.8) is 0 Å². The average Bonchev–Trinajstić information content (AvgIpc) is 2.82. The predicted molar refractivity (Wildman–Crippen MR) is 123 cm³/mol. The predicted octanol–water partition coefficient (Wildman–Crippen LogP) is 4.15. The molecule has 34 heavy (non-hydrogen) atoms. The van der Waals surface area contributed by atoms with Crippen LogP contribution in [-0.2, 0) is 21.4 Å². The second-order valence-electron chi connectivity index (χ2n) is 7.09. The third kappa shape index (κ3) is 4.26. The van der Waals surface area contributed by atoms with Crippen molar-refractivity contribution < 1.29 is 36.6 Å². The molecule has 9 nitrogen and oxygen atoms in total. The third-order valence-corrected chi connectivity index (χ3v) is 7.05. The normalized spacial score (nSPS) is 14.3. The molecule has 0 aliphatic carbocycles. The Kier molecular flexibility index (Phi) is 6.36. The molecule has 0 spiro atoms. The van der Waals surface area contributed by atoms with E-state index >= 15 is 4.39 Å². The summed E-state index contributed by atoms with van der Waals surface area (Å²) in [4.78, 5) is 16.6. The Balaban J connectivity index is 2.03. The number of anilines is 1. The largest absolute Gasteiger partial charge is 0.494 e. The van der Waals surface area contributed by atoms with E-state index < -0.39 is 21.8 Å². The van der Waals surface area contributed by atoms with Gasteiger partial charge in [0.15, 0.2) is 5.75 Å². The molecular formula is C22H18BrFN2O7S. The number of esters is 1. The highest BCUT2D eigenvalue weighted by atomic mass is 79.9. The molecule has 0 saturated heterocycles. The van der Waals surface area contributed by atoms with Crippen molar-refractivity contribution in [1.82, 2.24) is 4.98 Å². The molecule has 4 rings (SSSR count). The third-order valence-electron chi connectivity index (χ3n) is 5.09. The van der Waals surface area contributed by atoms with Crippen molar-refractivity contribution in [2.24, 2.45) is 0 Å². The van der Waals surface area contributed by atoms with Gasteiger partial charge in [0.25, 0.3) is 10.0 Å². The number of cyclic esters (lactones) is 1. The van der Waals surface area contributed by atoms with E-state index in [1.165, 1.54) is 45.7 Å². The van der Waals surface area contributed by atoms with Crippen molar-refractivity contribution in [1.29, 1.82) is 0 Å². The Morgan fingerprint density at radius 2 is 1.82 bits per heavy atom. The highest BCUT2D eigenvalue weighted by molar-refractivity contribution is 9.10. The lowest BCUT2D eigenvalue weighted by Gasteiger charge is -2.17. The zero-order chi connectivity index (χ0) is 24.6. The van der Waals surface area contributed by atoms with Crippen LogP contribution in [0.25, 0.3) is 11.1 Å². The molecule has 0 radical (unpaired) electrons. The van der Waals surface area contributed by atoms with Gasteiger partial charge in [-0.2, -0.15) is 0 Å². The number of hydrogen-bond donors (Lipinski definition) is 1. The number of carbonyl (C=O) groups is 1. The minimum Gasteiger partial charge on any atom is -0.494 e. The first kappa shape index (κ1) is 23.8. The van der Waals surface area contributed by atoms with Gasteiger partial charge in [-0.1, -0.05) is 0 Å². The Morgan fingerprint density at radius 1 is 1.06 bits per heavy atom. The lowest BCUT2D eigenvalue weighted by atomic mass is 10.0. The number of aromatic nitrogens is 1. The van der Waals surface area contributed by atoms with Crippen LogP contribution in [-0.4, -0.2) is 40.7 Å². The van der Waals surface area contributed by atoms with Crippen molar-refractivity contribution in [2.45, 2.75) is 11.5 Å². The average molecular weight is 553 g/mol. The van der Waals surface area contributed by atoms with Crippen LogP contribution in [0.2, 0.25) is 0 Å². The Hall–Kier alpha value is -3.38. The molecule has 178 valence electrons. The number of nitrogens with zero attached hydrogens (tertiary/aromatic N) is 1. The summed E-state index contributed by atoms with van der Waals surface area (Å²) in [6.45, 7) is -0.257. The first-order valence-electron chi connectivity index (χ1n) is 9.66. The molecule has 1 aliphatic heterocycles. The number of hydrogen-bond acceptors (Lipinski definition) is 8. The molecule has 12 heteroatoms. The van der Waals surface area contributed by atoms with E-state index in [1.54, 1.807) is 0 Å². The molecule has 0 fully saturated rings. The first-order valence-corrected chi connectivity index (χ1v) is 11.9. The van der Waals surface area contributed by atoms with Crippen LogP contribution in [0.1, 0.15) is 15.9 Å². The maximum absolute atomic E-state index is 15.1. The van der Waals surface area contributed by atoms with Crippen LogP contribution in [0.3, 0.4) is 0 Å². The highest BCUT2D eigenvalue weighted by Crippen LogP contribution is 2.39. The Labute approximate surface area is 203 Å². The van der Waals surface area contributed by atoms with Crippen molar-refractivity contribution in [3.8, 4) is 28.5 Å². The zero-order valence-corrected chi connectivity index (χ0v) is 20.5. The SMILES string of the molecule is COc1cc2c(cn1)-c1cc(c(OC)cc1F)NS(=O)(=O)c1cc(cc(Br)c1OC)C(=O)OC2. The lowest BCUT2D eigenvalue weighted by molar-refractivity contribution is 0.0472. The smallest absolute Gasteiger partial charge is 0.338 e. The monoisotopic (exact) mass is 552 g/mol. The minimum absolute atomic E-state index is 0.0128. The number of fused-ring (bicyclic) bond motifs is 6. The second-order valence-corrected chi connectivity index (χ2v) is 9.59. The summed E-state index contributed by atoms with van der Waals surface area (Å²) in [5, 5.41) is 0. The highest BCUT2D eigenvalue weighted by Gasteiger charge is 2.28. The lowest BCUT2D eigenvalue weighted by Crippen LogP contribution is -2.16. The molecule has 0 atom stereocenters. The number of carbonyl (C=O) groups excluding carboxylic acids is 1. The number of halogens is 2. The van der Waals surface area contributed by atoms with Gasteiger partial charge in [0.2, 0.25) is 5.88 Å². The van der Waals surface area contributed by atoms with Crippen LogP contribution >= 0.6 is 15.9 Å². The van der Waals surface area contributed by atoms with E-state index in [1.807, 2.05) is 0 Å². The summed E-state index contributed by atoms with van der Waals surface area (Å²) in [6, 6.07) is 6.36. The number of nitrogens with one attached hydrogen (secondary N) is 1. The van der Waals surface area contributed by atoms with E-state index in [2.05, 4.69) is 25.6 Å². The summed E-state index contributed by atoms with van der Waals surface area (Å²) in [7, 11) is -0.344. The van der Waals surface area contributed by atoms with E-state index in [4.69, 9.17) is 18.9 Å². The van der Waals surface area contributed by atoms with E-state index in [-0.39, 0.29) is 55.7 Å².